The number of benzene rings is 1. The second kappa shape index (κ2) is 9.29. The Morgan fingerprint density at radius 3 is 2.62 bits per heavy atom. The Hall–Kier alpha value is -2.89. The molecule has 24 heavy (non-hydrogen) atoms. The van der Waals surface area contributed by atoms with E-state index in [0.717, 1.165) is 16.9 Å². The van der Waals surface area contributed by atoms with Crippen molar-refractivity contribution in [3.8, 4) is 5.75 Å². The first kappa shape index (κ1) is 17.5. The first-order chi connectivity index (χ1) is 11.7. The van der Waals surface area contributed by atoms with Crippen molar-refractivity contribution in [3.05, 3.63) is 59.9 Å². The highest BCUT2D eigenvalue weighted by molar-refractivity contribution is 5.96. The van der Waals surface area contributed by atoms with Gasteiger partial charge in [-0.05, 0) is 35.7 Å². The van der Waals surface area contributed by atoms with Crippen LogP contribution in [0, 0.1) is 0 Å². The van der Waals surface area contributed by atoms with Crippen LogP contribution in [0.3, 0.4) is 0 Å². The summed E-state index contributed by atoms with van der Waals surface area (Å²) in [6.07, 6.45) is 3.84. The molecule has 1 aromatic carbocycles. The van der Waals surface area contributed by atoms with E-state index in [1.807, 2.05) is 30.3 Å². The minimum Gasteiger partial charge on any atom is -0.497 e. The molecule has 0 aliphatic rings. The molecule has 0 aliphatic carbocycles. The van der Waals surface area contributed by atoms with Crippen LogP contribution in [0.4, 0.5) is 0 Å². The zero-order chi connectivity index (χ0) is 17.2. The number of pyridine rings is 1. The summed E-state index contributed by atoms with van der Waals surface area (Å²) < 4.78 is 5.15. The average molecular weight is 327 g/mol. The van der Waals surface area contributed by atoms with Gasteiger partial charge in [0.15, 0.2) is 0 Å². The maximum Gasteiger partial charge on any atom is 0.229 e. The Morgan fingerprint density at radius 1 is 1.08 bits per heavy atom. The SMILES string of the molecule is COc1cccc(CCNC(=O)CC(=O)NCc2cccnc2)c1. The monoisotopic (exact) mass is 327 g/mol. The van der Waals surface area contributed by atoms with Gasteiger partial charge in [0.2, 0.25) is 11.8 Å². The van der Waals surface area contributed by atoms with Crippen LogP contribution in [0.15, 0.2) is 48.8 Å². The van der Waals surface area contributed by atoms with Gasteiger partial charge in [-0.2, -0.15) is 0 Å². The summed E-state index contributed by atoms with van der Waals surface area (Å²) in [5.74, 6) is 0.188. The van der Waals surface area contributed by atoms with E-state index >= 15 is 0 Å². The van der Waals surface area contributed by atoms with Crippen molar-refractivity contribution in [2.24, 2.45) is 0 Å². The Labute approximate surface area is 141 Å². The lowest BCUT2D eigenvalue weighted by Crippen LogP contribution is -2.32. The molecule has 2 rings (SSSR count). The number of hydrogen-bond donors (Lipinski definition) is 2. The third-order valence-corrected chi connectivity index (χ3v) is 3.40. The van der Waals surface area contributed by atoms with Gasteiger partial charge < -0.3 is 15.4 Å². The number of carbonyl (C=O) groups is 2. The molecular formula is C18H21N3O3. The number of ether oxygens (including phenoxy) is 1. The van der Waals surface area contributed by atoms with Gasteiger partial charge in [-0.1, -0.05) is 18.2 Å². The summed E-state index contributed by atoms with van der Waals surface area (Å²) in [6, 6.07) is 11.3. The zero-order valence-electron chi connectivity index (χ0n) is 13.6. The van der Waals surface area contributed by atoms with Crippen LogP contribution in [-0.2, 0) is 22.6 Å². The lowest BCUT2D eigenvalue weighted by molar-refractivity contribution is -0.129. The van der Waals surface area contributed by atoms with E-state index in [2.05, 4.69) is 15.6 Å². The smallest absolute Gasteiger partial charge is 0.229 e. The molecule has 6 heteroatoms. The van der Waals surface area contributed by atoms with Gasteiger partial charge in [0.1, 0.15) is 12.2 Å². The minimum absolute atomic E-state index is 0.182. The third-order valence-electron chi connectivity index (χ3n) is 3.40. The van der Waals surface area contributed by atoms with E-state index in [9.17, 15) is 9.59 Å². The van der Waals surface area contributed by atoms with Crippen LogP contribution in [0.2, 0.25) is 0 Å². The number of amides is 2. The molecule has 0 aliphatic heterocycles. The van der Waals surface area contributed by atoms with Gasteiger partial charge in [-0.25, -0.2) is 0 Å². The van der Waals surface area contributed by atoms with Gasteiger partial charge in [0.05, 0.1) is 7.11 Å². The number of aromatic nitrogens is 1. The zero-order valence-corrected chi connectivity index (χ0v) is 13.6. The molecule has 0 saturated carbocycles. The standard InChI is InChI=1S/C18H21N3O3/c1-24-16-6-2-4-14(10-16)7-9-20-17(22)11-18(23)21-13-15-5-3-8-19-12-15/h2-6,8,10,12H,7,9,11,13H2,1H3,(H,20,22)(H,21,23). The summed E-state index contributed by atoms with van der Waals surface area (Å²) >= 11 is 0. The van der Waals surface area contributed by atoms with Crippen LogP contribution in [0.5, 0.6) is 5.75 Å². The summed E-state index contributed by atoms with van der Waals surface area (Å²) in [5, 5.41) is 5.44. The van der Waals surface area contributed by atoms with Crippen LogP contribution in [0.25, 0.3) is 0 Å². The van der Waals surface area contributed by atoms with Crippen molar-refractivity contribution in [1.82, 2.24) is 15.6 Å². The molecule has 1 heterocycles. The summed E-state index contributed by atoms with van der Waals surface area (Å²) in [5.41, 5.74) is 1.96. The van der Waals surface area contributed by atoms with Crippen molar-refractivity contribution in [2.75, 3.05) is 13.7 Å². The van der Waals surface area contributed by atoms with Gasteiger partial charge in [0, 0.05) is 25.5 Å². The van der Waals surface area contributed by atoms with E-state index in [4.69, 9.17) is 4.74 Å². The fourth-order valence-corrected chi connectivity index (χ4v) is 2.15. The Morgan fingerprint density at radius 2 is 1.88 bits per heavy atom. The van der Waals surface area contributed by atoms with E-state index in [1.54, 1.807) is 25.6 Å². The van der Waals surface area contributed by atoms with Crippen LogP contribution in [-0.4, -0.2) is 30.5 Å². The number of hydrogen-bond acceptors (Lipinski definition) is 4. The second-order valence-electron chi connectivity index (χ2n) is 5.27. The Balaban J connectivity index is 1.66. The maximum absolute atomic E-state index is 11.8. The minimum atomic E-state index is -0.308. The quantitative estimate of drug-likeness (QED) is 0.719. The number of rotatable bonds is 8. The van der Waals surface area contributed by atoms with E-state index in [-0.39, 0.29) is 18.2 Å². The van der Waals surface area contributed by atoms with Gasteiger partial charge in [0.25, 0.3) is 0 Å². The predicted molar refractivity (Wildman–Crippen MR) is 90.4 cm³/mol. The van der Waals surface area contributed by atoms with Crippen molar-refractivity contribution in [3.63, 3.8) is 0 Å². The Kier molecular flexibility index (Phi) is 6.76. The molecule has 0 unspecified atom stereocenters. The first-order valence-electron chi connectivity index (χ1n) is 7.72. The largest absolute Gasteiger partial charge is 0.497 e. The van der Waals surface area contributed by atoms with Crippen molar-refractivity contribution in [2.45, 2.75) is 19.4 Å². The molecule has 0 atom stereocenters. The normalized spacial score (nSPS) is 10.0. The number of carbonyl (C=O) groups excluding carboxylic acids is 2. The molecule has 0 bridgehead atoms. The van der Waals surface area contributed by atoms with Crippen LogP contribution < -0.4 is 15.4 Å². The van der Waals surface area contributed by atoms with E-state index < -0.39 is 0 Å². The molecule has 2 N–H and O–H groups in total. The van der Waals surface area contributed by atoms with Gasteiger partial charge >= 0.3 is 0 Å². The lowest BCUT2D eigenvalue weighted by Gasteiger charge is -2.07. The van der Waals surface area contributed by atoms with Crippen molar-refractivity contribution >= 4 is 11.8 Å². The van der Waals surface area contributed by atoms with Crippen molar-refractivity contribution < 1.29 is 14.3 Å². The third kappa shape index (κ3) is 6.08. The first-order valence-corrected chi connectivity index (χ1v) is 7.72. The highest BCUT2D eigenvalue weighted by atomic mass is 16.5. The molecule has 0 fully saturated rings. The molecule has 1 aromatic heterocycles. The average Bonchev–Trinajstić information content (AvgIpc) is 2.61. The second-order valence-corrected chi connectivity index (χ2v) is 5.27. The molecule has 6 nitrogen and oxygen atoms in total. The van der Waals surface area contributed by atoms with Crippen molar-refractivity contribution in [1.29, 1.82) is 0 Å². The van der Waals surface area contributed by atoms with Gasteiger partial charge in [-0.3, -0.25) is 14.6 Å². The highest BCUT2D eigenvalue weighted by Gasteiger charge is 2.08. The molecule has 0 saturated heterocycles. The fraction of sp³-hybridized carbons (Fsp3) is 0.278. The molecule has 0 radical (unpaired) electrons. The van der Waals surface area contributed by atoms with E-state index in [0.29, 0.717) is 19.5 Å². The van der Waals surface area contributed by atoms with E-state index in [1.165, 1.54) is 0 Å². The topological polar surface area (TPSA) is 80.3 Å². The molecule has 0 spiro atoms. The summed E-state index contributed by atoms with van der Waals surface area (Å²) in [4.78, 5) is 27.5. The summed E-state index contributed by atoms with van der Waals surface area (Å²) in [7, 11) is 1.62. The predicted octanol–water partition coefficient (Wildman–Crippen LogP) is 1.46. The van der Waals surface area contributed by atoms with Crippen LogP contribution in [0.1, 0.15) is 17.5 Å². The molecule has 2 aromatic rings. The molecular weight excluding hydrogens is 306 g/mol. The van der Waals surface area contributed by atoms with Crippen LogP contribution >= 0.6 is 0 Å². The fourth-order valence-electron chi connectivity index (χ4n) is 2.15. The number of nitrogens with zero attached hydrogens (tertiary/aromatic N) is 1. The van der Waals surface area contributed by atoms with Gasteiger partial charge in [-0.15, -0.1) is 0 Å². The highest BCUT2D eigenvalue weighted by Crippen LogP contribution is 2.12. The lowest BCUT2D eigenvalue weighted by atomic mass is 10.1. The number of nitrogens with one attached hydrogen (secondary N) is 2. The maximum atomic E-state index is 11.8. The number of methoxy groups -OCH3 is 1. The summed E-state index contributed by atoms with van der Waals surface area (Å²) in [6.45, 7) is 0.839. The molecule has 2 amide bonds. The Bertz CT molecular complexity index is 674. The molecule has 126 valence electrons.